The lowest BCUT2D eigenvalue weighted by Gasteiger charge is -2.24. The van der Waals surface area contributed by atoms with Crippen LogP contribution in [0.1, 0.15) is 25.5 Å². The smallest absolute Gasteiger partial charge is 0.157 e. The van der Waals surface area contributed by atoms with Crippen molar-refractivity contribution >= 4 is 0 Å². The third kappa shape index (κ3) is 2.08. The van der Waals surface area contributed by atoms with E-state index in [0.717, 1.165) is 17.3 Å². The molecule has 1 aromatic heterocycles. The van der Waals surface area contributed by atoms with Crippen LogP contribution in [0.2, 0.25) is 0 Å². The summed E-state index contributed by atoms with van der Waals surface area (Å²) >= 11 is 0. The third-order valence-corrected chi connectivity index (χ3v) is 3.02. The Bertz CT molecular complexity index is 499. The summed E-state index contributed by atoms with van der Waals surface area (Å²) in [5, 5.41) is 11.7. The van der Waals surface area contributed by atoms with Crippen molar-refractivity contribution in [2.75, 3.05) is 7.05 Å². The molecule has 0 amide bonds. The number of aromatic nitrogens is 3. The predicted molar refractivity (Wildman–Crippen MR) is 68.2 cm³/mol. The summed E-state index contributed by atoms with van der Waals surface area (Å²) in [4.78, 5) is 0. The third-order valence-electron chi connectivity index (χ3n) is 3.02. The molecule has 2 aromatic rings. The van der Waals surface area contributed by atoms with Crippen LogP contribution in [0.15, 0.2) is 30.3 Å². The number of aryl methyl sites for hydroxylation is 1. The molecule has 17 heavy (non-hydrogen) atoms. The molecule has 4 nitrogen and oxygen atoms in total. The molecule has 1 N–H and O–H groups in total. The SMILES string of the molecule is CNC(C)(C)c1nnc(C)n1-c1ccccc1. The summed E-state index contributed by atoms with van der Waals surface area (Å²) < 4.78 is 2.08. The summed E-state index contributed by atoms with van der Waals surface area (Å²) in [6.07, 6.45) is 0. The Balaban J connectivity index is 2.59. The maximum absolute atomic E-state index is 4.29. The molecule has 1 aromatic carbocycles. The quantitative estimate of drug-likeness (QED) is 0.877. The Morgan fingerprint density at radius 2 is 1.76 bits per heavy atom. The van der Waals surface area contributed by atoms with Crippen LogP contribution in [0, 0.1) is 6.92 Å². The lowest BCUT2D eigenvalue weighted by molar-refractivity contribution is 0.409. The molecule has 4 heteroatoms. The van der Waals surface area contributed by atoms with Crippen molar-refractivity contribution in [3.05, 3.63) is 42.0 Å². The van der Waals surface area contributed by atoms with Crippen molar-refractivity contribution in [1.29, 1.82) is 0 Å². The minimum Gasteiger partial charge on any atom is -0.308 e. The minimum absolute atomic E-state index is 0.211. The first-order valence-electron chi connectivity index (χ1n) is 5.73. The summed E-state index contributed by atoms with van der Waals surface area (Å²) in [6.45, 7) is 6.15. The van der Waals surface area contributed by atoms with Crippen molar-refractivity contribution < 1.29 is 0 Å². The zero-order chi connectivity index (χ0) is 12.5. The van der Waals surface area contributed by atoms with Gasteiger partial charge in [-0.05, 0) is 40.0 Å². The van der Waals surface area contributed by atoms with Gasteiger partial charge in [0.1, 0.15) is 5.82 Å². The average Bonchev–Trinajstić information content (AvgIpc) is 2.73. The molecule has 0 saturated carbocycles. The first-order chi connectivity index (χ1) is 8.06. The monoisotopic (exact) mass is 230 g/mol. The first-order valence-corrected chi connectivity index (χ1v) is 5.73. The van der Waals surface area contributed by atoms with Crippen LogP contribution >= 0.6 is 0 Å². The standard InChI is InChI=1S/C13H18N4/c1-10-15-16-12(13(2,3)14-4)17(10)11-8-6-5-7-9-11/h5-9,14H,1-4H3. The lowest BCUT2D eigenvalue weighted by Crippen LogP contribution is -2.36. The number of hydrogen-bond donors (Lipinski definition) is 1. The number of rotatable bonds is 3. The van der Waals surface area contributed by atoms with E-state index in [1.165, 1.54) is 0 Å². The molecule has 0 saturated heterocycles. The van der Waals surface area contributed by atoms with Crippen molar-refractivity contribution in [3.8, 4) is 5.69 Å². The largest absolute Gasteiger partial charge is 0.308 e. The van der Waals surface area contributed by atoms with Crippen LogP contribution in [0.4, 0.5) is 0 Å². The van der Waals surface area contributed by atoms with E-state index in [4.69, 9.17) is 0 Å². The van der Waals surface area contributed by atoms with Crippen molar-refractivity contribution in [2.45, 2.75) is 26.3 Å². The van der Waals surface area contributed by atoms with Gasteiger partial charge in [0.25, 0.3) is 0 Å². The highest BCUT2D eigenvalue weighted by Gasteiger charge is 2.26. The molecular weight excluding hydrogens is 212 g/mol. The number of nitrogens with zero attached hydrogens (tertiary/aromatic N) is 3. The van der Waals surface area contributed by atoms with Gasteiger partial charge in [0.05, 0.1) is 5.54 Å². The van der Waals surface area contributed by atoms with Crippen LogP contribution in [0.3, 0.4) is 0 Å². The Labute approximate surface area is 102 Å². The Morgan fingerprint density at radius 3 is 2.35 bits per heavy atom. The average molecular weight is 230 g/mol. The fourth-order valence-corrected chi connectivity index (χ4v) is 1.76. The number of para-hydroxylation sites is 1. The highest BCUT2D eigenvalue weighted by atomic mass is 15.3. The summed E-state index contributed by atoms with van der Waals surface area (Å²) in [6, 6.07) is 10.2. The van der Waals surface area contributed by atoms with E-state index in [0.29, 0.717) is 0 Å². The molecule has 0 aliphatic heterocycles. The molecule has 90 valence electrons. The number of hydrogen-bond acceptors (Lipinski definition) is 3. The summed E-state index contributed by atoms with van der Waals surface area (Å²) in [5.74, 6) is 1.82. The van der Waals surface area contributed by atoms with E-state index < -0.39 is 0 Å². The number of benzene rings is 1. The van der Waals surface area contributed by atoms with Crippen LogP contribution in [-0.4, -0.2) is 21.8 Å². The first kappa shape index (κ1) is 11.8. The summed E-state index contributed by atoms with van der Waals surface area (Å²) in [5.41, 5.74) is 0.880. The van der Waals surface area contributed by atoms with Gasteiger partial charge in [-0.15, -0.1) is 10.2 Å². The van der Waals surface area contributed by atoms with Crippen LogP contribution in [0.5, 0.6) is 0 Å². The van der Waals surface area contributed by atoms with E-state index >= 15 is 0 Å². The van der Waals surface area contributed by atoms with Crippen molar-refractivity contribution in [1.82, 2.24) is 20.1 Å². The van der Waals surface area contributed by atoms with E-state index in [1.54, 1.807) is 0 Å². The molecule has 0 bridgehead atoms. The van der Waals surface area contributed by atoms with Crippen LogP contribution in [-0.2, 0) is 5.54 Å². The Kier molecular flexibility index (Phi) is 2.98. The van der Waals surface area contributed by atoms with Gasteiger partial charge in [0, 0.05) is 5.69 Å². The highest BCUT2D eigenvalue weighted by molar-refractivity contribution is 5.34. The molecule has 1 heterocycles. The van der Waals surface area contributed by atoms with Crippen LogP contribution in [0.25, 0.3) is 5.69 Å². The molecule has 0 radical (unpaired) electrons. The molecule has 0 aliphatic rings. The maximum atomic E-state index is 4.29. The number of nitrogens with one attached hydrogen (secondary N) is 1. The van der Waals surface area contributed by atoms with Crippen molar-refractivity contribution in [3.63, 3.8) is 0 Å². The second kappa shape index (κ2) is 4.30. The zero-order valence-corrected chi connectivity index (χ0v) is 10.7. The van der Waals surface area contributed by atoms with E-state index in [2.05, 4.69) is 46.1 Å². The van der Waals surface area contributed by atoms with Gasteiger partial charge in [-0.25, -0.2) is 0 Å². The lowest BCUT2D eigenvalue weighted by atomic mass is 10.0. The van der Waals surface area contributed by atoms with Crippen molar-refractivity contribution in [2.24, 2.45) is 0 Å². The van der Waals surface area contributed by atoms with Crippen LogP contribution < -0.4 is 5.32 Å². The van der Waals surface area contributed by atoms with Gasteiger partial charge < -0.3 is 5.32 Å². The molecule has 0 aliphatic carbocycles. The topological polar surface area (TPSA) is 42.7 Å². The van der Waals surface area contributed by atoms with Gasteiger partial charge >= 0.3 is 0 Å². The summed E-state index contributed by atoms with van der Waals surface area (Å²) in [7, 11) is 1.93. The molecule has 2 rings (SSSR count). The highest BCUT2D eigenvalue weighted by Crippen LogP contribution is 2.22. The normalized spacial score (nSPS) is 11.8. The van der Waals surface area contributed by atoms with E-state index in [1.807, 2.05) is 32.2 Å². The fourth-order valence-electron chi connectivity index (χ4n) is 1.76. The molecule has 0 atom stereocenters. The predicted octanol–water partition coefficient (Wildman–Crippen LogP) is 2.03. The Morgan fingerprint density at radius 1 is 1.12 bits per heavy atom. The van der Waals surface area contributed by atoms with Gasteiger partial charge in [-0.2, -0.15) is 0 Å². The molecule has 0 spiro atoms. The van der Waals surface area contributed by atoms with Gasteiger partial charge in [0.15, 0.2) is 5.82 Å². The van der Waals surface area contributed by atoms with Gasteiger partial charge in [-0.3, -0.25) is 4.57 Å². The molecule has 0 unspecified atom stereocenters. The minimum atomic E-state index is -0.211. The molecule has 0 fully saturated rings. The van der Waals surface area contributed by atoms with E-state index in [-0.39, 0.29) is 5.54 Å². The fraction of sp³-hybridized carbons (Fsp3) is 0.385. The second-order valence-corrected chi connectivity index (χ2v) is 4.62. The zero-order valence-electron chi connectivity index (χ0n) is 10.7. The van der Waals surface area contributed by atoms with Gasteiger partial charge in [0.2, 0.25) is 0 Å². The molecular formula is C13H18N4. The Hall–Kier alpha value is -1.68. The van der Waals surface area contributed by atoms with Gasteiger partial charge in [-0.1, -0.05) is 18.2 Å². The second-order valence-electron chi connectivity index (χ2n) is 4.62. The maximum Gasteiger partial charge on any atom is 0.157 e. The van der Waals surface area contributed by atoms with E-state index in [9.17, 15) is 0 Å².